The lowest BCUT2D eigenvalue weighted by atomic mass is 10.2. The van der Waals surface area contributed by atoms with E-state index >= 15 is 0 Å². The molecule has 2 N–H and O–H groups in total. The third kappa shape index (κ3) is 3.80. The van der Waals surface area contributed by atoms with E-state index in [0.29, 0.717) is 6.54 Å². The summed E-state index contributed by atoms with van der Waals surface area (Å²) in [5.74, 6) is 5.89. The maximum Gasteiger partial charge on any atom is 0.254 e. The summed E-state index contributed by atoms with van der Waals surface area (Å²) in [4.78, 5) is 17.5. The standard InChI is InChI=1S/C14H19N3OS/c1-16-6-3-7-17(9-8-16)14(18)12-10-13(19-11-12)4-2-5-15/h10-11H,3,5-9,15H2,1H3. The molecule has 1 saturated heterocycles. The van der Waals surface area contributed by atoms with Gasteiger partial charge in [-0.15, -0.1) is 11.3 Å². The Morgan fingerprint density at radius 2 is 2.26 bits per heavy atom. The number of carbonyl (C=O) groups excluding carboxylic acids is 1. The van der Waals surface area contributed by atoms with E-state index < -0.39 is 0 Å². The molecular formula is C14H19N3OS. The highest BCUT2D eigenvalue weighted by molar-refractivity contribution is 7.10. The van der Waals surface area contributed by atoms with Gasteiger partial charge in [-0.05, 0) is 26.1 Å². The molecule has 5 heteroatoms. The van der Waals surface area contributed by atoms with Gasteiger partial charge in [-0.1, -0.05) is 11.8 Å². The molecule has 0 radical (unpaired) electrons. The summed E-state index contributed by atoms with van der Waals surface area (Å²) < 4.78 is 0. The quantitative estimate of drug-likeness (QED) is 0.774. The minimum Gasteiger partial charge on any atom is -0.337 e. The van der Waals surface area contributed by atoms with Crippen LogP contribution in [0.15, 0.2) is 11.4 Å². The maximum absolute atomic E-state index is 12.4. The van der Waals surface area contributed by atoms with Gasteiger partial charge in [0.05, 0.1) is 17.0 Å². The fourth-order valence-corrected chi connectivity index (χ4v) is 2.83. The minimum absolute atomic E-state index is 0.118. The Labute approximate surface area is 118 Å². The predicted molar refractivity (Wildman–Crippen MR) is 78.3 cm³/mol. The lowest BCUT2D eigenvalue weighted by molar-refractivity contribution is 0.0763. The van der Waals surface area contributed by atoms with Crippen LogP contribution in [0.2, 0.25) is 0 Å². The van der Waals surface area contributed by atoms with Gasteiger partial charge in [0.25, 0.3) is 5.91 Å². The first-order valence-electron chi connectivity index (χ1n) is 6.46. The van der Waals surface area contributed by atoms with Crippen LogP contribution < -0.4 is 5.73 Å². The second kappa shape index (κ2) is 6.71. The number of thiophene rings is 1. The van der Waals surface area contributed by atoms with Gasteiger partial charge in [0.2, 0.25) is 0 Å². The fourth-order valence-electron chi connectivity index (χ4n) is 2.08. The molecule has 1 amide bonds. The molecule has 2 rings (SSSR count). The van der Waals surface area contributed by atoms with Crippen molar-refractivity contribution in [3.8, 4) is 11.8 Å². The number of hydrogen-bond acceptors (Lipinski definition) is 4. The molecule has 0 aromatic carbocycles. The van der Waals surface area contributed by atoms with Gasteiger partial charge in [0, 0.05) is 25.0 Å². The van der Waals surface area contributed by atoms with Crippen molar-refractivity contribution >= 4 is 17.2 Å². The van der Waals surface area contributed by atoms with Crippen molar-refractivity contribution in [2.75, 3.05) is 39.8 Å². The lowest BCUT2D eigenvalue weighted by Crippen LogP contribution is -2.34. The minimum atomic E-state index is 0.118. The number of rotatable bonds is 1. The zero-order valence-electron chi connectivity index (χ0n) is 11.2. The van der Waals surface area contributed by atoms with Gasteiger partial charge < -0.3 is 15.5 Å². The van der Waals surface area contributed by atoms with Crippen molar-refractivity contribution < 1.29 is 4.79 Å². The SMILES string of the molecule is CN1CCCN(C(=O)c2csc(C#CCN)c2)CC1. The monoisotopic (exact) mass is 277 g/mol. The Balaban J connectivity index is 2.04. The molecule has 1 fully saturated rings. The number of nitrogens with zero attached hydrogens (tertiary/aromatic N) is 2. The van der Waals surface area contributed by atoms with Crippen molar-refractivity contribution in [1.29, 1.82) is 0 Å². The molecule has 2 heterocycles. The van der Waals surface area contributed by atoms with Crippen LogP contribution in [0.1, 0.15) is 21.7 Å². The average Bonchev–Trinajstić information content (AvgIpc) is 2.78. The van der Waals surface area contributed by atoms with E-state index in [1.54, 1.807) is 0 Å². The van der Waals surface area contributed by atoms with Gasteiger partial charge in [-0.25, -0.2) is 0 Å². The van der Waals surface area contributed by atoms with Crippen molar-refractivity contribution in [3.63, 3.8) is 0 Å². The molecule has 102 valence electrons. The molecule has 0 bridgehead atoms. The van der Waals surface area contributed by atoms with Crippen LogP contribution in [0.3, 0.4) is 0 Å². The van der Waals surface area contributed by atoms with Crippen molar-refractivity contribution in [2.45, 2.75) is 6.42 Å². The first-order chi connectivity index (χ1) is 9.20. The van der Waals surface area contributed by atoms with E-state index in [9.17, 15) is 4.79 Å². The normalized spacial score (nSPS) is 16.6. The van der Waals surface area contributed by atoms with Gasteiger partial charge in [-0.2, -0.15) is 0 Å². The Kier molecular flexibility index (Phi) is 4.97. The summed E-state index contributed by atoms with van der Waals surface area (Å²) in [6, 6.07) is 1.87. The second-order valence-corrected chi connectivity index (χ2v) is 5.57. The Bertz CT molecular complexity index is 500. The zero-order valence-corrected chi connectivity index (χ0v) is 12.0. The number of nitrogens with two attached hydrogens (primary N) is 1. The van der Waals surface area contributed by atoms with E-state index in [1.807, 2.05) is 16.3 Å². The summed E-state index contributed by atoms with van der Waals surface area (Å²) in [6.45, 7) is 3.98. The molecule has 1 aliphatic heterocycles. The summed E-state index contributed by atoms with van der Waals surface area (Å²) in [5, 5.41) is 1.89. The summed E-state index contributed by atoms with van der Waals surface area (Å²) in [5.41, 5.74) is 6.09. The second-order valence-electron chi connectivity index (χ2n) is 4.65. The number of likely N-dealkylation sites (N-methyl/N-ethyl adjacent to an activating group) is 1. The van der Waals surface area contributed by atoms with Crippen molar-refractivity contribution in [1.82, 2.24) is 9.80 Å². The molecule has 4 nitrogen and oxygen atoms in total. The van der Waals surface area contributed by atoms with Crippen LogP contribution >= 0.6 is 11.3 Å². The number of amides is 1. The molecule has 1 aromatic heterocycles. The molecule has 0 atom stereocenters. The zero-order chi connectivity index (χ0) is 13.7. The molecule has 0 saturated carbocycles. The van der Waals surface area contributed by atoms with Gasteiger partial charge >= 0.3 is 0 Å². The van der Waals surface area contributed by atoms with E-state index in [-0.39, 0.29) is 5.91 Å². The molecule has 1 aliphatic rings. The van der Waals surface area contributed by atoms with Crippen molar-refractivity contribution in [3.05, 3.63) is 21.9 Å². The first-order valence-corrected chi connectivity index (χ1v) is 7.34. The fraction of sp³-hybridized carbons (Fsp3) is 0.500. The van der Waals surface area contributed by atoms with Gasteiger partial charge in [0.15, 0.2) is 0 Å². The molecule has 1 aromatic rings. The van der Waals surface area contributed by atoms with E-state index in [1.165, 1.54) is 11.3 Å². The van der Waals surface area contributed by atoms with Crippen LogP contribution in [0.4, 0.5) is 0 Å². The van der Waals surface area contributed by atoms with E-state index in [4.69, 9.17) is 5.73 Å². The highest BCUT2D eigenvalue weighted by Crippen LogP contribution is 2.16. The smallest absolute Gasteiger partial charge is 0.254 e. The first kappa shape index (κ1) is 14.1. The van der Waals surface area contributed by atoms with Crippen LogP contribution in [-0.2, 0) is 0 Å². The number of carbonyl (C=O) groups is 1. The van der Waals surface area contributed by atoms with Crippen LogP contribution in [0.5, 0.6) is 0 Å². The highest BCUT2D eigenvalue weighted by Gasteiger charge is 2.19. The largest absolute Gasteiger partial charge is 0.337 e. The Hall–Kier alpha value is -1.35. The van der Waals surface area contributed by atoms with Gasteiger partial charge in [0.1, 0.15) is 0 Å². The Morgan fingerprint density at radius 1 is 1.42 bits per heavy atom. The van der Waals surface area contributed by atoms with Crippen LogP contribution in [0, 0.1) is 11.8 Å². The topological polar surface area (TPSA) is 49.6 Å². The van der Waals surface area contributed by atoms with Crippen LogP contribution in [-0.4, -0.2) is 55.5 Å². The number of hydrogen-bond donors (Lipinski definition) is 1. The van der Waals surface area contributed by atoms with Crippen molar-refractivity contribution in [2.24, 2.45) is 5.73 Å². The maximum atomic E-state index is 12.4. The van der Waals surface area contributed by atoms with E-state index in [2.05, 4.69) is 23.8 Å². The third-order valence-corrected chi connectivity index (χ3v) is 4.01. The molecule has 0 unspecified atom stereocenters. The lowest BCUT2D eigenvalue weighted by Gasteiger charge is -2.19. The predicted octanol–water partition coefficient (Wildman–Crippen LogP) is 0.836. The summed E-state index contributed by atoms with van der Waals surface area (Å²) >= 11 is 1.50. The summed E-state index contributed by atoms with van der Waals surface area (Å²) in [7, 11) is 2.10. The third-order valence-electron chi connectivity index (χ3n) is 3.17. The molecule has 19 heavy (non-hydrogen) atoms. The average molecular weight is 277 g/mol. The summed E-state index contributed by atoms with van der Waals surface area (Å²) in [6.07, 6.45) is 1.03. The van der Waals surface area contributed by atoms with Gasteiger partial charge in [-0.3, -0.25) is 4.79 Å². The van der Waals surface area contributed by atoms with E-state index in [0.717, 1.165) is 43.0 Å². The molecule has 0 aliphatic carbocycles. The molecular weight excluding hydrogens is 258 g/mol. The Morgan fingerprint density at radius 3 is 3.05 bits per heavy atom. The molecule has 0 spiro atoms. The van der Waals surface area contributed by atoms with Crippen LogP contribution in [0.25, 0.3) is 0 Å². The highest BCUT2D eigenvalue weighted by atomic mass is 32.1.